The highest BCUT2D eigenvalue weighted by Gasteiger charge is 2.39. The molecule has 0 bridgehead atoms. The predicted molar refractivity (Wildman–Crippen MR) is 208 cm³/mol. The molecule has 6 aromatic carbocycles. The van der Waals surface area contributed by atoms with Crippen LogP contribution >= 0.6 is 0 Å². The lowest BCUT2D eigenvalue weighted by Crippen LogP contribution is -2.17. The summed E-state index contributed by atoms with van der Waals surface area (Å²) in [6.07, 6.45) is 0. The van der Waals surface area contributed by atoms with E-state index < -0.39 is 0 Å². The third-order valence-electron chi connectivity index (χ3n) is 11.3. The number of pyridine rings is 1. The van der Waals surface area contributed by atoms with E-state index in [1.165, 1.54) is 83.3 Å². The van der Waals surface area contributed by atoms with Crippen LogP contribution in [-0.2, 0) is 10.8 Å². The number of hydrogen-bond acceptors (Lipinski definition) is 1. The lowest BCUT2D eigenvalue weighted by atomic mass is 9.77. The molecule has 0 amide bonds. The van der Waals surface area contributed by atoms with Crippen molar-refractivity contribution < 1.29 is 0 Å². The highest BCUT2D eigenvalue weighted by molar-refractivity contribution is 5.91. The molecule has 1 heterocycles. The van der Waals surface area contributed by atoms with Gasteiger partial charge >= 0.3 is 0 Å². The first-order valence-electron chi connectivity index (χ1n) is 17.5. The van der Waals surface area contributed by atoms with Crippen LogP contribution in [-0.4, -0.2) is 4.98 Å². The second kappa shape index (κ2) is 11.4. The van der Waals surface area contributed by atoms with E-state index in [1.807, 2.05) is 24.3 Å². The van der Waals surface area contributed by atoms with Crippen molar-refractivity contribution in [3.8, 4) is 44.6 Å². The number of fused-ring (bicyclic) bond motifs is 7. The highest BCUT2D eigenvalue weighted by atomic mass is 14.7. The molecule has 0 fully saturated rings. The maximum atomic E-state index is 4.71. The van der Waals surface area contributed by atoms with Gasteiger partial charge in [-0.25, -0.2) is 4.98 Å². The van der Waals surface area contributed by atoms with Crippen LogP contribution in [0.2, 0.25) is 0 Å². The number of aryl methyl sites for hydroxylation is 1. The van der Waals surface area contributed by atoms with Gasteiger partial charge in [-0.1, -0.05) is 149 Å². The topological polar surface area (TPSA) is 12.9 Å². The number of aromatic nitrogens is 1. The summed E-state index contributed by atoms with van der Waals surface area (Å²) >= 11 is 0. The summed E-state index contributed by atoms with van der Waals surface area (Å²) in [7, 11) is 0. The minimum absolute atomic E-state index is 0.0191. The fraction of sp³-hybridized carbons (Fsp3) is 0.188. The van der Waals surface area contributed by atoms with Crippen molar-refractivity contribution in [1.29, 1.82) is 0 Å². The molecule has 0 aliphatic heterocycles. The molecule has 9 rings (SSSR count). The molecule has 0 spiro atoms. The highest BCUT2D eigenvalue weighted by Crippen LogP contribution is 2.54. The normalized spacial score (nSPS) is 14.3. The van der Waals surface area contributed by atoms with Gasteiger partial charge in [0.25, 0.3) is 0 Å². The smallest absolute Gasteiger partial charge is 0.0712 e. The third kappa shape index (κ3) is 4.78. The number of hydrogen-bond donors (Lipinski definition) is 0. The van der Waals surface area contributed by atoms with Crippen LogP contribution in [0.1, 0.15) is 66.6 Å². The second-order valence-corrected chi connectivity index (χ2v) is 14.9. The van der Waals surface area contributed by atoms with Gasteiger partial charge in [0, 0.05) is 21.8 Å². The summed E-state index contributed by atoms with van der Waals surface area (Å²) in [5, 5.41) is 1.23. The van der Waals surface area contributed by atoms with Crippen LogP contribution in [0.25, 0.3) is 55.5 Å². The minimum atomic E-state index is 0.0191. The molecule has 1 nitrogen and oxygen atoms in total. The Labute approximate surface area is 291 Å². The Hall–Kier alpha value is -5.27. The van der Waals surface area contributed by atoms with Crippen molar-refractivity contribution in [2.45, 2.75) is 59.3 Å². The summed E-state index contributed by atoms with van der Waals surface area (Å²) < 4.78 is 0. The zero-order valence-corrected chi connectivity index (χ0v) is 29.6. The SMILES string of the molecule is Cc1c(-c2ccc3c(c2C)C(C)(C)c2ccccc2-3)ccc2c1-c1ccccc1C2(C)C.Cc1cc(-c2ccccc2)nc2ccccc12. The standard InChI is InChI=1S/C32H30.C16H13N/c1-19-21(17-18-28-29(19)25-12-8-10-14-27(25)31(28,3)4)22-15-16-24-23-11-7-9-13-26(23)32(5,6)30(24)20(22)2;1-12-11-16(13-7-3-2-4-8-13)17-15-10-6-5-9-14(12)15/h7-18H,1-6H3;2-11H,1H3. The van der Waals surface area contributed by atoms with Gasteiger partial charge in [-0.15, -0.1) is 0 Å². The zero-order valence-electron chi connectivity index (χ0n) is 29.6. The molecule has 2 aliphatic rings. The van der Waals surface area contributed by atoms with Crippen molar-refractivity contribution in [3.63, 3.8) is 0 Å². The van der Waals surface area contributed by atoms with Gasteiger partial charge < -0.3 is 0 Å². The Morgan fingerprint density at radius 2 is 1.02 bits per heavy atom. The molecule has 2 aliphatic carbocycles. The molecule has 7 aromatic rings. The average Bonchev–Trinajstić information content (AvgIpc) is 3.50. The molecule has 0 N–H and O–H groups in total. The van der Waals surface area contributed by atoms with Gasteiger partial charge in [0.1, 0.15) is 0 Å². The summed E-state index contributed by atoms with van der Waals surface area (Å²) in [6, 6.07) is 48.0. The second-order valence-electron chi connectivity index (χ2n) is 14.9. The Kier molecular flexibility index (Phi) is 7.23. The van der Waals surface area contributed by atoms with Crippen molar-refractivity contribution in [1.82, 2.24) is 4.98 Å². The van der Waals surface area contributed by atoms with E-state index in [0.717, 1.165) is 11.2 Å². The molecule has 0 unspecified atom stereocenters. The molecule has 0 atom stereocenters. The van der Waals surface area contributed by atoms with Crippen LogP contribution in [0.5, 0.6) is 0 Å². The van der Waals surface area contributed by atoms with Crippen LogP contribution in [0.4, 0.5) is 0 Å². The molecular formula is C48H43N. The lowest BCUT2D eigenvalue weighted by Gasteiger charge is -2.26. The summed E-state index contributed by atoms with van der Waals surface area (Å²) in [5.41, 5.74) is 21.6. The molecule has 1 heteroatoms. The monoisotopic (exact) mass is 633 g/mol. The van der Waals surface area contributed by atoms with Crippen LogP contribution in [0.3, 0.4) is 0 Å². The van der Waals surface area contributed by atoms with Gasteiger partial charge in [-0.05, 0) is 105 Å². The van der Waals surface area contributed by atoms with Crippen molar-refractivity contribution in [2.24, 2.45) is 0 Å². The van der Waals surface area contributed by atoms with E-state index in [-0.39, 0.29) is 10.8 Å². The summed E-state index contributed by atoms with van der Waals surface area (Å²) in [4.78, 5) is 4.71. The van der Waals surface area contributed by atoms with E-state index in [9.17, 15) is 0 Å². The Balaban J connectivity index is 0.000000172. The minimum Gasteiger partial charge on any atom is -0.248 e. The largest absolute Gasteiger partial charge is 0.248 e. The predicted octanol–water partition coefficient (Wildman–Crippen LogP) is 12.8. The number of nitrogens with zero attached hydrogens (tertiary/aromatic N) is 1. The van der Waals surface area contributed by atoms with Crippen LogP contribution in [0, 0.1) is 20.8 Å². The first-order chi connectivity index (χ1) is 23.6. The molecule has 0 saturated heterocycles. The van der Waals surface area contributed by atoms with E-state index >= 15 is 0 Å². The average molecular weight is 634 g/mol. The van der Waals surface area contributed by atoms with Gasteiger partial charge in [0.05, 0.1) is 11.2 Å². The Bertz CT molecular complexity index is 2410. The molecular weight excluding hydrogens is 591 g/mol. The van der Waals surface area contributed by atoms with E-state index in [0.29, 0.717) is 0 Å². The fourth-order valence-corrected chi connectivity index (χ4v) is 8.80. The van der Waals surface area contributed by atoms with Crippen LogP contribution in [0.15, 0.2) is 133 Å². The van der Waals surface area contributed by atoms with E-state index in [1.54, 1.807) is 0 Å². The van der Waals surface area contributed by atoms with Crippen LogP contribution < -0.4 is 0 Å². The molecule has 0 radical (unpaired) electrons. The maximum Gasteiger partial charge on any atom is 0.0712 e. The Morgan fingerprint density at radius 1 is 0.449 bits per heavy atom. The first kappa shape index (κ1) is 31.0. The molecule has 49 heavy (non-hydrogen) atoms. The van der Waals surface area contributed by atoms with Gasteiger partial charge in [0.15, 0.2) is 0 Å². The van der Waals surface area contributed by atoms with Crippen molar-refractivity contribution in [3.05, 3.63) is 172 Å². The van der Waals surface area contributed by atoms with Gasteiger partial charge in [-0.2, -0.15) is 0 Å². The van der Waals surface area contributed by atoms with Gasteiger partial charge in [0.2, 0.25) is 0 Å². The zero-order chi connectivity index (χ0) is 34.1. The number of benzene rings is 6. The molecule has 0 saturated carbocycles. The first-order valence-corrected chi connectivity index (χ1v) is 17.5. The van der Waals surface area contributed by atoms with Gasteiger partial charge in [-0.3, -0.25) is 0 Å². The van der Waals surface area contributed by atoms with E-state index in [4.69, 9.17) is 4.98 Å². The van der Waals surface area contributed by atoms with Crippen molar-refractivity contribution >= 4 is 10.9 Å². The Morgan fingerprint density at radius 3 is 1.78 bits per heavy atom. The maximum absolute atomic E-state index is 4.71. The van der Waals surface area contributed by atoms with E-state index in [2.05, 4.69) is 158 Å². The number of para-hydroxylation sites is 1. The fourth-order valence-electron chi connectivity index (χ4n) is 8.80. The van der Waals surface area contributed by atoms with Crippen molar-refractivity contribution in [2.75, 3.05) is 0 Å². The lowest BCUT2D eigenvalue weighted by molar-refractivity contribution is 0.656. The summed E-state index contributed by atoms with van der Waals surface area (Å²) in [5.74, 6) is 0. The summed E-state index contributed by atoms with van der Waals surface area (Å²) in [6.45, 7) is 16.3. The third-order valence-corrected chi connectivity index (χ3v) is 11.3. The number of rotatable bonds is 2. The molecule has 1 aromatic heterocycles. The molecule has 240 valence electrons. The quantitative estimate of drug-likeness (QED) is 0.185.